The minimum absolute atomic E-state index is 0.487. The van der Waals surface area contributed by atoms with Crippen LogP contribution in [0.5, 0.6) is 5.75 Å². The Morgan fingerprint density at radius 3 is 2.45 bits per heavy atom. The van der Waals surface area contributed by atoms with Gasteiger partial charge in [0.05, 0.1) is 7.11 Å². The molecule has 1 atom stereocenters. The highest BCUT2D eigenvalue weighted by molar-refractivity contribution is 5.29. The standard InChI is InChI=1S/C18H25NO/c1-14(2)19(17-9-5-15(3)6-10-17)13-16-7-11-18(20-4)12-8-16/h5,7-12,14-15H,6,13H2,1-4H3. The molecule has 1 aromatic rings. The van der Waals surface area contributed by atoms with E-state index in [4.69, 9.17) is 4.74 Å². The Bertz CT molecular complexity index is 485. The van der Waals surface area contributed by atoms with Crippen molar-refractivity contribution in [1.82, 2.24) is 4.90 Å². The zero-order chi connectivity index (χ0) is 14.5. The van der Waals surface area contributed by atoms with Crippen LogP contribution in [0.1, 0.15) is 32.8 Å². The molecule has 0 amide bonds. The van der Waals surface area contributed by atoms with Gasteiger partial charge >= 0.3 is 0 Å². The Kier molecular flexibility index (Phi) is 4.89. The van der Waals surface area contributed by atoms with Crippen LogP contribution in [0, 0.1) is 5.92 Å². The maximum atomic E-state index is 5.21. The molecule has 2 heteroatoms. The molecule has 0 heterocycles. The van der Waals surface area contributed by atoms with Gasteiger partial charge < -0.3 is 9.64 Å². The summed E-state index contributed by atoms with van der Waals surface area (Å²) in [6.07, 6.45) is 8.06. The van der Waals surface area contributed by atoms with E-state index in [2.05, 4.69) is 56.0 Å². The fourth-order valence-electron chi connectivity index (χ4n) is 2.43. The lowest BCUT2D eigenvalue weighted by Gasteiger charge is -2.32. The quantitative estimate of drug-likeness (QED) is 0.787. The highest BCUT2D eigenvalue weighted by Crippen LogP contribution is 2.23. The van der Waals surface area contributed by atoms with Gasteiger partial charge in [-0.25, -0.2) is 0 Å². The van der Waals surface area contributed by atoms with Gasteiger partial charge in [0.15, 0.2) is 0 Å². The van der Waals surface area contributed by atoms with E-state index in [-0.39, 0.29) is 0 Å². The SMILES string of the molecule is COc1ccc(CN(C2=CCC(C)C=C2)C(C)C)cc1. The topological polar surface area (TPSA) is 12.5 Å². The zero-order valence-electron chi connectivity index (χ0n) is 13.0. The van der Waals surface area contributed by atoms with Crippen molar-refractivity contribution in [1.29, 1.82) is 0 Å². The van der Waals surface area contributed by atoms with Gasteiger partial charge in [0.1, 0.15) is 5.75 Å². The van der Waals surface area contributed by atoms with Gasteiger partial charge in [-0.3, -0.25) is 0 Å². The van der Waals surface area contributed by atoms with Crippen molar-refractivity contribution in [3.8, 4) is 5.75 Å². The van der Waals surface area contributed by atoms with Crippen LogP contribution in [0.3, 0.4) is 0 Å². The fraction of sp³-hybridized carbons (Fsp3) is 0.444. The first kappa shape index (κ1) is 14.7. The van der Waals surface area contributed by atoms with Gasteiger partial charge in [-0.15, -0.1) is 0 Å². The van der Waals surface area contributed by atoms with Gasteiger partial charge in [-0.05, 0) is 50.0 Å². The molecule has 0 saturated heterocycles. The van der Waals surface area contributed by atoms with Crippen LogP contribution in [0.4, 0.5) is 0 Å². The average Bonchev–Trinajstić information content (AvgIpc) is 2.46. The van der Waals surface area contributed by atoms with Gasteiger partial charge in [-0.1, -0.05) is 31.2 Å². The van der Waals surface area contributed by atoms with Crippen LogP contribution in [-0.4, -0.2) is 18.1 Å². The largest absolute Gasteiger partial charge is 0.497 e. The van der Waals surface area contributed by atoms with E-state index in [0.29, 0.717) is 12.0 Å². The molecule has 2 nitrogen and oxygen atoms in total. The van der Waals surface area contributed by atoms with Crippen molar-refractivity contribution < 1.29 is 4.74 Å². The molecule has 2 rings (SSSR count). The maximum Gasteiger partial charge on any atom is 0.118 e. The number of hydrogen-bond donors (Lipinski definition) is 0. The molecule has 0 radical (unpaired) electrons. The second-order valence-electron chi connectivity index (χ2n) is 5.77. The van der Waals surface area contributed by atoms with Crippen LogP contribution >= 0.6 is 0 Å². The van der Waals surface area contributed by atoms with Crippen LogP contribution in [0.2, 0.25) is 0 Å². The smallest absolute Gasteiger partial charge is 0.118 e. The predicted molar refractivity (Wildman–Crippen MR) is 84.7 cm³/mol. The number of ether oxygens (including phenoxy) is 1. The number of benzene rings is 1. The van der Waals surface area contributed by atoms with Gasteiger partial charge in [0, 0.05) is 18.3 Å². The average molecular weight is 271 g/mol. The van der Waals surface area contributed by atoms with E-state index >= 15 is 0 Å². The summed E-state index contributed by atoms with van der Waals surface area (Å²) in [5.41, 5.74) is 2.65. The summed E-state index contributed by atoms with van der Waals surface area (Å²) in [5.74, 6) is 1.57. The molecule has 20 heavy (non-hydrogen) atoms. The van der Waals surface area contributed by atoms with E-state index in [0.717, 1.165) is 18.7 Å². The van der Waals surface area contributed by atoms with Crippen LogP contribution < -0.4 is 4.74 Å². The van der Waals surface area contributed by atoms with E-state index in [1.54, 1.807) is 7.11 Å². The summed E-state index contributed by atoms with van der Waals surface area (Å²) in [7, 11) is 1.70. The molecule has 0 spiro atoms. The lowest BCUT2D eigenvalue weighted by atomic mass is 10.0. The Morgan fingerprint density at radius 2 is 1.95 bits per heavy atom. The summed E-state index contributed by atoms with van der Waals surface area (Å²) in [4.78, 5) is 2.45. The van der Waals surface area contributed by atoms with Crippen molar-refractivity contribution in [3.05, 3.63) is 53.8 Å². The number of nitrogens with zero attached hydrogens (tertiary/aromatic N) is 1. The maximum absolute atomic E-state index is 5.21. The highest BCUT2D eigenvalue weighted by Gasteiger charge is 2.14. The lowest BCUT2D eigenvalue weighted by Crippen LogP contribution is -2.29. The molecule has 1 aromatic carbocycles. The molecule has 0 bridgehead atoms. The summed E-state index contributed by atoms with van der Waals surface area (Å²) < 4.78 is 5.21. The summed E-state index contributed by atoms with van der Waals surface area (Å²) in [6.45, 7) is 7.69. The van der Waals surface area contributed by atoms with E-state index in [1.807, 2.05) is 12.1 Å². The van der Waals surface area contributed by atoms with Crippen molar-refractivity contribution >= 4 is 0 Å². The van der Waals surface area contributed by atoms with Gasteiger partial charge in [0.25, 0.3) is 0 Å². The number of allylic oxidation sites excluding steroid dienone is 3. The van der Waals surface area contributed by atoms with Crippen molar-refractivity contribution in [2.75, 3.05) is 7.11 Å². The third-order valence-electron chi connectivity index (χ3n) is 3.76. The van der Waals surface area contributed by atoms with E-state index in [1.165, 1.54) is 11.3 Å². The molecule has 108 valence electrons. The summed E-state index contributed by atoms with van der Waals surface area (Å²) in [6, 6.07) is 8.83. The number of rotatable bonds is 5. The van der Waals surface area contributed by atoms with Gasteiger partial charge in [-0.2, -0.15) is 0 Å². The third-order valence-corrected chi connectivity index (χ3v) is 3.76. The monoisotopic (exact) mass is 271 g/mol. The molecule has 0 N–H and O–H groups in total. The van der Waals surface area contributed by atoms with E-state index < -0.39 is 0 Å². The molecule has 1 unspecified atom stereocenters. The Hall–Kier alpha value is -1.70. The molecule has 1 aliphatic rings. The Labute approximate surface area is 122 Å². The lowest BCUT2D eigenvalue weighted by molar-refractivity contribution is 0.281. The number of hydrogen-bond acceptors (Lipinski definition) is 2. The molecule has 0 fully saturated rings. The molecular formula is C18H25NO. The molecule has 1 aliphatic carbocycles. The van der Waals surface area contributed by atoms with Crippen molar-refractivity contribution in [2.45, 2.75) is 39.8 Å². The van der Waals surface area contributed by atoms with Gasteiger partial charge in [0.2, 0.25) is 0 Å². The molecule has 0 aliphatic heterocycles. The van der Waals surface area contributed by atoms with Crippen molar-refractivity contribution in [3.63, 3.8) is 0 Å². The second kappa shape index (κ2) is 6.65. The number of methoxy groups -OCH3 is 1. The van der Waals surface area contributed by atoms with Crippen LogP contribution in [0.25, 0.3) is 0 Å². The first-order valence-electron chi connectivity index (χ1n) is 7.38. The Morgan fingerprint density at radius 1 is 1.25 bits per heavy atom. The first-order chi connectivity index (χ1) is 9.60. The van der Waals surface area contributed by atoms with Crippen LogP contribution in [0.15, 0.2) is 48.2 Å². The molecule has 0 aromatic heterocycles. The van der Waals surface area contributed by atoms with Crippen molar-refractivity contribution in [2.24, 2.45) is 5.92 Å². The first-order valence-corrected chi connectivity index (χ1v) is 7.38. The summed E-state index contributed by atoms with van der Waals surface area (Å²) in [5, 5.41) is 0. The normalized spacial score (nSPS) is 18.1. The molecule has 0 saturated carbocycles. The minimum Gasteiger partial charge on any atom is -0.497 e. The third kappa shape index (κ3) is 3.66. The Balaban J connectivity index is 2.11. The fourth-order valence-corrected chi connectivity index (χ4v) is 2.43. The molecular weight excluding hydrogens is 246 g/mol. The zero-order valence-corrected chi connectivity index (χ0v) is 13.0. The second-order valence-corrected chi connectivity index (χ2v) is 5.77. The summed E-state index contributed by atoms with van der Waals surface area (Å²) >= 11 is 0. The van der Waals surface area contributed by atoms with Crippen LogP contribution in [-0.2, 0) is 6.54 Å². The minimum atomic E-state index is 0.487. The predicted octanol–water partition coefficient (Wildman–Crippen LogP) is 4.39. The van der Waals surface area contributed by atoms with E-state index in [9.17, 15) is 0 Å². The highest BCUT2D eigenvalue weighted by atomic mass is 16.5.